The maximum Gasteiger partial charge on any atom is 0.0414 e. The predicted molar refractivity (Wildman–Crippen MR) is 90.9 cm³/mol. The number of para-hydroxylation sites is 1. The van der Waals surface area contributed by atoms with Crippen LogP contribution < -0.4 is 10.2 Å². The monoisotopic (exact) mass is 286 g/mol. The Labute approximate surface area is 129 Å². The van der Waals surface area contributed by atoms with Crippen molar-refractivity contribution in [2.45, 2.75) is 57.9 Å². The Balaban J connectivity index is 1.76. The minimum atomic E-state index is 0.476. The third-order valence-corrected chi connectivity index (χ3v) is 5.90. The molecule has 2 aliphatic rings. The molecule has 1 saturated heterocycles. The van der Waals surface area contributed by atoms with Gasteiger partial charge in [-0.2, -0.15) is 0 Å². The Morgan fingerprint density at radius 3 is 2.38 bits per heavy atom. The van der Waals surface area contributed by atoms with Crippen molar-refractivity contribution >= 4 is 5.69 Å². The van der Waals surface area contributed by atoms with Gasteiger partial charge in [-0.1, -0.05) is 38.0 Å². The van der Waals surface area contributed by atoms with Gasteiger partial charge in [0.15, 0.2) is 0 Å². The van der Waals surface area contributed by atoms with Gasteiger partial charge in [-0.05, 0) is 56.2 Å². The van der Waals surface area contributed by atoms with Gasteiger partial charge in [0.05, 0.1) is 0 Å². The molecule has 21 heavy (non-hydrogen) atoms. The summed E-state index contributed by atoms with van der Waals surface area (Å²) in [5.74, 6) is 0. The second-order valence-electron chi connectivity index (χ2n) is 7.00. The first kappa shape index (κ1) is 14.9. The Kier molecular flexibility index (Phi) is 4.54. The summed E-state index contributed by atoms with van der Waals surface area (Å²) >= 11 is 0. The lowest BCUT2D eigenvalue weighted by atomic mass is 9.77. The molecule has 1 N–H and O–H groups in total. The van der Waals surface area contributed by atoms with E-state index in [-0.39, 0.29) is 0 Å². The van der Waals surface area contributed by atoms with E-state index >= 15 is 0 Å². The Bertz CT molecular complexity index is 448. The molecule has 3 rings (SSSR count). The largest absolute Gasteiger partial charge is 0.371 e. The molecule has 2 nitrogen and oxygen atoms in total. The average molecular weight is 286 g/mol. The number of anilines is 1. The first-order valence-corrected chi connectivity index (χ1v) is 8.79. The Morgan fingerprint density at radius 1 is 1.10 bits per heavy atom. The number of piperidine rings is 1. The molecule has 1 unspecified atom stereocenters. The highest BCUT2D eigenvalue weighted by Crippen LogP contribution is 2.47. The molecule has 1 aliphatic heterocycles. The average Bonchev–Trinajstić information content (AvgIpc) is 2.98. The van der Waals surface area contributed by atoms with Gasteiger partial charge in [-0.15, -0.1) is 0 Å². The van der Waals surface area contributed by atoms with Gasteiger partial charge in [0.25, 0.3) is 0 Å². The number of hydrogen-bond donors (Lipinski definition) is 1. The smallest absolute Gasteiger partial charge is 0.0414 e. The van der Waals surface area contributed by atoms with E-state index in [0.29, 0.717) is 11.5 Å². The molecule has 0 bridgehead atoms. The summed E-state index contributed by atoms with van der Waals surface area (Å²) in [6.45, 7) is 4.76. The van der Waals surface area contributed by atoms with Crippen molar-refractivity contribution < 1.29 is 0 Å². The fourth-order valence-corrected chi connectivity index (χ4v) is 4.50. The van der Waals surface area contributed by atoms with Crippen molar-refractivity contribution in [3.05, 3.63) is 29.8 Å². The van der Waals surface area contributed by atoms with E-state index < -0.39 is 0 Å². The standard InChI is InChI=1S/C19H30N2/c1-3-17(20-2)16-8-4-5-9-18(16)21-14-12-19(13-15-21)10-6-7-11-19/h4-5,8-9,17,20H,3,6-7,10-15H2,1-2H3. The molecule has 2 fully saturated rings. The lowest BCUT2D eigenvalue weighted by Gasteiger charge is -2.41. The fourth-order valence-electron chi connectivity index (χ4n) is 4.50. The van der Waals surface area contributed by atoms with Crippen molar-refractivity contribution in [3.63, 3.8) is 0 Å². The summed E-state index contributed by atoms with van der Waals surface area (Å²) in [6.07, 6.45) is 9.84. The Morgan fingerprint density at radius 2 is 1.76 bits per heavy atom. The third kappa shape index (κ3) is 2.96. The summed E-state index contributed by atoms with van der Waals surface area (Å²) in [5.41, 5.74) is 3.65. The van der Waals surface area contributed by atoms with Crippen LogP contribution in [0.2, 0.25) is 0 Å². The van der Waals surface area contributed by atoms with Crippen LogP contribution in [0.15, 0.2) is 24.3 Å². The van der Waals surface area contributed by atoms with Crippen LogP contribution in [0.5, 0.6) is 0 Å². The van der Waals surface area contributed by atoms with Crippen LogP contribution in [0.4, 0.5) is 5.69 Å². The Hall–Kier alpha value is -1.02. The SMILES string of the molecule is CCC(NC)c1ccccc1N1CCC2(CCCC2)CC1. The highest BCUT2D eigenvalue weighted by Gasteiger charge is 2.37. The molecule has 116 valence electrons. The summed E-state index contributed by atoms with van der Waals surface area (Å²) in [7, 11) is 2.08. The maximum atomic E-state index is 3.47. The van der Waals surface area contributed by atoms with Gasteiger partial charge < -0.3 is 10.2 Å². The predicted octanol–water partition coefficient (Wildman–Crippen LogP) is 4.52. The van der Waals surface area contributed by atoms with Crippen molar-refractivity contribution in [2.24, 2.45) is 5.41 Å². The van der Waals surface area contributed by atoms with Gasteiger partial charge in [-0.3, -0.25) is 0 Å². The van der Waals surface area contributed by atoms with Crippen LogP contribution in [-0.4, -0.2) is 20.1 Å². The molecule has 1 aromatic carbocycles. The molecule has 0 amide bonds. The van der Waals surface area contributed by atoms with Crippen molar-refractivity contribution in [1.82, 2.24) is 5.32 Å². The van der Waals surface area contributed by atoms with Crippen molar-refractivity contribution in [1.29, 1.82) is 0 Å². The van der Waals surface area contributed by atoms with Gasteiger partial charge in [0.1, 0.15) is 0 Å². The van der Waals surface area contributed by atoms with E-state index in [1.807, 2.05) is 0 Å². The van der Waals surface area contributed by atoms with Crippen LogP contribution in [0, 0.1) is 5.41 Å². The highest BCUT2D eigenvalue weighted by molar-refractivity contribution is 5.55. The molecule has 1 aromatic rings. The minimum Gasteiger partial charge on any atom is -0.371 e. The molecule has 0 aromatic heterocycles. The normalized spacial score (nSPS) is 22.7. The zero-order valence-electron chi connectivity index (χ0n) is 13.7. The number of nitrogens with zero attached hydrogens (tertiary/aromatic N) is 1. The number of rotatable bonds is 4. The molecule has 1 spiro atoms. The fraction of sp³-hybridized carbons (Fsp3) is 0.684. The first-order chi connectivity index (χ1) is 10.3. The lowest BCUT2D eigenvalue weighted by Crippen LogP contribution is -2.39. The third-order valence-electron chi connectivity index (χ3n) is 5.90. The number of nitrogens with one attached hydrogen (secondary N) is 1. The molecule has 0 radical (unpaired) electrons. The first-order valence-electron chi connectivity index (χ1n) is 8.79. The topological polar surface area (TPSA) is 15.3 Å². The van der Waals surface area contributed by atoms with Gasteiger partial charge in [-0.25, -0.2) is 0 Å². The molecule has 1 heterocycles. The van der Waals surface area contributed by atoms with E-state index in [0.717, 1.165) is 6.42 Å². The molecule has 1 atom stereocenters. The van der Waals surface area contributed by atoms with Gasteiger partial charge in [0, 0.05) is 24.8 Å². The lowest BCUT2D eigenvalue weighted by molar-refractivity contribution is 0.226. The minimum absolute atomic E-state index is 0.476. The van der Waals surface area contributed by atoms with E-state index in [1.54, 1.807) is 0 Å². The van der Waals surface area contributed by atoms with Crippen molar-refractivity contribution in [2.75, 3.05) is 25.0 Å². The summed E-state index contributed by atoms with van der Waals surface area (Å²) in [5, 5.41) is 3.47. The van der Waals surface area contributed by atoms with E-state index in [1.165, 1.54) is 62.9 Å². The number of hydrogen-bond acceptors (Lipinski definition) is 2. The molecular weight excluding hydrogens is 256 g/mol. The van der Waals surface area contributed by atoms with Crippen LogP contribution in [-0.2, 0) is 0 Å². The van der Waals surface area contributed by atoms with E-state index in [9.17, 15) is 0 Å². The second kappa shape index (κ2) is 6.39. The molecule has 1 aliphatic carbocycles. The molecule has 1 saturated carbocycles. The van der Waals surface area contributed by atoms with Gasteiger partial charge in [0.2, 0.25) is 0 Å². The maximum absolute atomic E-state index is 3.47. The summed E-state index contributed by atoms with van der Waals surface area (Å²) in [6, 6.07) is 9.48. The van der Waals surface area contributed by atoms with Gasteiger partial charge >= 0.3 is 0 Å². The zero-order valence-corrected chi connectivity index (χ0v) is 13.7. The van der Waals surface area contributed by atoms with E-state index in [4.69, 9.17) is 0 Å². The van der Waals surface area contributed by atoms with Crippen LogP contribution in [0.25, 0.3) is 0 Å². The van der Waals surface area contributed by atoms with Crippen LogP contribution in [0.3, 0.4) is 0 Å². The summed E-state index contributed by atoms with van der Waals surface area (Å²) < 4.78 is 0. The van der Waals surface area contributed by atoms with Crippen LogP contribution in [0.1, 0.15) is 63.5 Å². The van der Waals surface area contributed by atoms with E-state index in [2.05, 4.69) is 48.5 Å². The quantitative estimate of drug-likeness (QED) is 0.875. The summed E-state index contributed by atoms with van der Waals surface area (Å²) in [4.78, 5) is 2.64. The number of benzene rings is 1. The molecular formula is C19H30N2. The highest BCUT2D eigenvalue weighted by atomic mass is 15.1. The van der Waals surface area contributed by atoms with Crippen LogP contribution >= 0.6 is 0 Å². The zero-order chi connectivity index (χ0) is 14.7. The second-order valence-corrected chi connectivity index (χ2v) is 7.00. The van der Waals surface area contributed by atoms with Crippen molar-refractivity contribution in [3.8, 4) is 0 Å². The molecule has 2 heteroatoms.